The summed E-state index contributed by atoms with van der Waals surface area (Å²) in [5.41, 5.74) is 1.99. The van der Waals surface area contributed by atoms with Gasteiger partial charge in [0.25, 0.3) is 0 Å². The van der Waals surface area contributed by atoms with Crippen molar-refractivity contribution in [2.24, 2.45) is 5.92 Å². The fourth-order valence-electron chi connectivity index (χ4n) is 3.58. The molecule has 1 unspecified atom stereocenters. The van der Waals surface area contributed by atoms with Crippen LogP contribution in [-0.4, -0.2) is 38.6 Å². The lowest BCUT2D eigenvalue weighted by Crippen LogP contribution is -2.47. The standard InChI is InChI=1S/C25H29N3O6S/c1-15(2)23(28-35(30,31)20-9-10-21-22(14-20)33-12-6-11-32-21)24(29)27-19-8-5-7-18(13-19)25-26-16(3)17(4)34-25/h5,7-10,13-15,23,28H,6,11-12H2,1-4H3,(H,27,29). The molecule has 2 aromatic carbocycles. The highest BCUT2D eigenvalue weighted by Gasteiger charge is 2.29. The molecule has 1 atom stereocenters. The predicted molar refractivity (Wildman–Crippen MR) is 131 cm³/mol. The van der Waals surface area contributed by atoms with Crippen LogP contribution in [0.5, 0.6) is 11.5 Å². The molecule has 0 aliphatic carbocycles. The number of hydrogen-bond donors (Lipinski definition) is 2. The van der Waals surface area contributed by atoms with E-state index < -0.39 is 22.0 Å². The number of oxazole rings is 1. The van der Waals surface area contributed by atoms with Gasteiger partial charge in [-0.05, 0) is 50.1 Å². The maximum atomic E-state index is 13.1. The predicted octanol–water partition coefficient (Wildman–Crippen LogP) is 4.06. The zero-order valence-corrected chi connectivity index (χ0v) is 20.9. The van der Waals surface area contributed by atoms with Crippen molar-refractivity contribution in [2.75, 3.05) is 18.5 Å². The Morgan fingerprint density at radius 3 is 2.46 bits per heavy atom. The minimum absolute atomic E-state index is 0.00293. The van der Waals surface area contributed by atoms with Crippen molar-refractivity contribution in [3.05, 3.63) is 53.9 Å². The van der Waals surface area contributed by atoms with Crippen LogP contribution in [-0.2, 0) is 14.8 Å². The second-order valence-electron chi connectivity index (χ2n) is 8.73. The summed E-state index contributed by atoms with van der Waals surface area (Å²) in [5.74, 6) is 1.24. The van der Waals surface area contributed by atoms with Gasteiger partial charge in [-0.1, -0.05) is 19.9 Å². The van der Waals surface area contributed by atoms with Gasteiger partial charge >= 0.3 is 0 Å². The third kappa shape index (κ3) is 5.66. The monoisotopic (exact) mass is 499 g/mol. The summed E-state index contributed by atoms with van der Waals surface area (Å²) in [6.07, 6.45) is 0.709. The largest absolute Gasteiger partial charge is 0.490 e. The normalized spacial score (nSPS) is 14.4. The Balaban J connectivity index is 1.52. The number of nitrogens with zero attached hydrogens (tertiary/aromatic N) is 1. The second kappa shape index (κ2) is 10.1. The van der Waals surface area contributed by atoms with Crippen LogP contribution in [0, 0.1) is 19.8 Å². The molecule has 9 nitrogen and oxygen atoms in total. The molecule has 1 aromatic heterocycles. The van der Waals surface area contributed by atoms with Gasteiger partial charge in [0.2, 0.25) is 21.8 Å². The first-order chi connectivity index (χ1) is 16.6. The third-order valence-electron chi connectivity index (χ3n) is 5.67. The third-order valence-corrected chi connectivity index (χ3v) is 7.10. The van der Waals surface area contributed by atoms with Crippen LogP contribution in [0.25, 0.3) is 11.5 Å². The van der Waals surface area contributed by atoms with Crippen molar-refractivity contribution in [3.63, 3.8) is 0 Å². The van der Waals surface area contributed by atoms with Crippen LogP contribution in [0.1, 0.15) is 31.7 Å². The number of fused-ring (bicyclic) bond motifs is 1. The molecule has 0 bridgehead atoms. The van der Waals surface area contributed by atoms with Crippen molar-refractivity contribution in [2.45, 2.75) is 45.1 Å². The number of aromatic nitrogens is 1. The number of rotatable bonds is 7. The van der Waals surface area contributed by atoms with Crippen molar-refractivity contribution in [1.29, 1.82) is 0 Å². The summed E-state index contributed by atoms with van der Waals surface area (Å²) >= 11 is 0. The molecule has 2 heterocycles. The van der Waals surface area contributed by atoms with E-state index in [2.05, 4.69) is 15.0 Å². The Morgan fingerprint density at radius 1 is 1.03 bits per heavy atom. The molecule has 2 N–H and O–H groups in total. The Labute approximate surface area is 204 Å². The van der Waals surface area contributed by atoms with E-state index >= 15 is 0 Å². The molecule has 0 saturated carbocycles. The van der Waals surface area contributed by atoms with Crippen LogP contribution in [0.4, 0.5) is 5.69 Å². The van der Waals surface area contributed by atoms with Gasteiger partial charge in [-0.15, -0.1) is 0 Å². The zero-order chi connectivity index (χ0) is 25.2. The topological polar surface area (TPSA) is 120 Å². The van der Waals surface area contributed by atoms with Gasteiger partial charge in [0.15, 0.2) is 11.5 Å². The molecule has 0 radical (unpaired) electrons. The number of hydrogen-bond acceptors (Lipinski definition) is 7. The van der Waals surface area contributed by atoms with E-state index in [4.69, 9.17) is 13.9 Å². The minimum Gasteiger partial charge on any atom is -0.490 e. The minimum atomic E-state index is -4.01. The summed E-state index contributed by atoms with van der Waals surface area (Å²) < 4.78 is 45.7. The van der Waals surface area contributed by atoms with E-state index in [-0.39, 0.29) is 10.8 Å². The molecule has 0 saturated heterocycles. The van der Waals surface area contributed by atoms with Gasteiger partial charge in [0.1, 0.15) is 11.8 Å². The van der Waals surface area contributed by atoms with Gasteiger partial charge in [0.05, 0.1) is 23.8 Å². The van der Waals surface area contributed by atoms with Crippen LogP contribution in [0.3, 0.4) is 0 Å². The average Bonchev–Trinajstić information content (AvgIpc) is 3.01. The SMILES string of the molecule is Cc1nc(-c2cccc(NC(=O)C(NS(=O)(=O)c3ccc4c(c3)OCCCO4)C(C)C)c2)oc1C. The summed E-state index contributed by atoms with van der Waals surface area (Å²) in [4.78, 5) is 17.5. The molecule has 0 fully saturated rings. The lowest BCUT2D eigenvalue weighted by Gasteiger charge is -2.22. The molecule has 10 heteroatoms. The van der Waals surface area contributed by atoms with Crippen molar-refractivity contribution in [3.8, 4) is 23.0 Å². The molecule has 186 valence electrons. The zero-order valence-electron chi connectivity index (χ0n) is 20.1. The van der Waals surface area contributed by atoms with E-state index in [0.29, 0.717) is 48.3 Å². The van der Waals surface area contributed by atoms with Crippen LogP contribution < -0.4 is 19.5 Å². The summed E-state index contributed by atoms with van der Waals surface area (Å²) in [5, 5.41) is 2.81. The first-order valence-corrected chi connectivity index (χ1v) is 12.9. The van der Waals surface area contributed by atoms with E-state index in [9.17, 15) is 13.2 Å². The Kier molecular flexibility index (Phi) is 7.13. The van der Waals surface area contributed by atoms with Crippen molar-refractivity contribution >= 4 is 21.6 Å². The van der Waals surface area contributed by atoms with Crippen molar-refractivity contribution < 1.29 is 27.1 Å². The fourth-order valence-corrected chi connectivity index (χ4v) is 4.94. The molecular formula is C25H29N3O6S. The highest BCUT2D eigenvalue weighted by atomic mass is 32.2. The highest BCUT2D eigenvalue weighted by Crippen LogP contribution is 2.32. The Hall–Kier alpha value is -3.37. The van der Waals surface area contributed by atoms with Gasteiger partial charge < -0.3 is 19.2 Å². The van der Waals surface area contributed by atoms with Crippen molar-refractivity contribution in [1.82, 2.24) is 9.71 Å². The second-order valence-corrected chi connectivity index (χ2v) is 10.4. The molecule has 1 aliphatic rings. The summed E-state index contributed by atoms with van der Waals surface area (Å²) in [6.45, 7) is 8.18. The number of amides is 1. The van der Waals surface area contributed by atoms with E-state index in [1.54, 1.807) is 38.1 Å². The number of carbonyl (C=O) groups excluding carboxylic acids is 1. The quantitative estimate of drug-likeness (QED) is 0.503. The van der Waals surface area contributed by atoms with Gasteiger partial charge in [-0.3, -0.25) is 4.79 Å². The number of ether oxygens (including phenoxy) is 2. The van der Waals surface area contributed by atoms with Gasteiger partial charge in [0, 0.05) is 23.7 Å². The Bertz CT molecular complexity index is 1310. The van der Waals surface area contributed by atoms with Crippen LogP contribution in [0.2, 0.25) is 0 Å². The van der Waals surface area contributed by atoms with Crippen LogP contribution >= 0.6 is 0 Å². The molecule has 3 aromatic rings. The molecule has 35 heavy (non-hydrogen) atoms. The Morgan fingerprint density at radius 2 is 1.77 bits per heavy atom. The maximum Gasteiger partial charge on any atom is 0.242 e. The highest BCUT2D eigenvalue weighted by molar-refractivity contribution is 7.89. The van der Waals surface area contributed by atoms with Gasteiger partial charge in [-0.2, -0.15) is 4.72 Å². The molecule has 1 aliphatic heterocycles. The average molecular weight is 500 g/mol. The maximum absolute atomic E-state index is 13.1. The lowest BCUT2D eigenvalue weighted by molar-refractivity contribution is -0.118. The number of carbonyl (C=O) groups is 1. The molecular weight excluding hydrogens is 470 g/mol. The number of nitrogens with one attached hydrogen (secondary N) is 2. The fraction of sp³-hybridized carbons (Fsp3) is 0.360. The van der Waals surface area contributed by atoms with Crippen LogP contribution in [0.15, 0.2) is 51.8 Å². The van der Waals surface area contributed by atoms with E-state index in [1.165, 1.54) is 12.1 Å². The molecule has 1 amide bonds. The summed E-state index contributed by atoms with van der Waals surface area (Å²) in [7, 11) is -4.01. The van der Waals surface area contributed by atoms with E-state index in [1.807, 2.05) is 19.9 Å². The molecule has 4 rings (SSSR count). The summed E-state index contributed by atoms with van der Waals surface area (Å²) in [6, 6.07) is 10.5. The smallest absolute Gasteiger partial charge is 0.242 e. The number of sulfonamides is 1. The first-order valence-electron chi connectivity index (χ1n) is 11.4. The first kappa shape index (κ1) is 24.7. The van der Waals surface area contributed by atoms with E-state index in [0.717, 1.165) is 11.5 Å². The number of anilines is 1. The lowest BCUT2D eigenvalue weighted by atomic mass is 10.0. The van der Waals surface area contributed by atoms with Gasteiger partial charge in [-0.25, -0.2) is 13.4 Å². The number of aryl methyl sites for hydroxylation is 2. The number of benzene rings is 2. The molecule has 0 spiro atoms.